The second kappa shape index (κ2) is 5.49. The highest BCUT2D eigenvalue weighted by atomic mass is 32.2. The maximum Gasteiger partial charge on any atom is 0.415 e. The van der Waals surface area contributed by atoms with Crippen LogP contribution in [0.2, 0.25) is 0 Å². The fourth-order valence-electron chi connectivity index (χ4n) is 0.936. The van der Waals surface area contributed by atoms with Gasteiger partial charge in [-0.05, 0) is 6.92 Å². The maximum absolute atomic E-state index is 12.0. The summed E-state index contributed by atoms with van der Waals surface area (Å²) in [4.78, 5) is 7.79. The average molecular weight is 252 g/mol. The molecule has 2 atom stereocenters. The van der Waals surface area contributed by atoms with Gasteiger partial charge in [0.25, 0.3) is 0 Å². The average Bonchev–Trinajstić information content (AvgIpc) is 2.25. The molecule has 1 rings (SSSR count). The fraction of sp³-hybridized carbons (Fsp3) is 0.556. The molecule has 0 aliphatic rings. The summed E-state index contributed by atoms with van der Waals surface area (Å²) in [5.41, 5.74) is 0.599. The van der Waals surface area contributed by atoms with E-state index in [4.69, 9.17) is 5.11 Å². The molecule has 7 heteroatoms. The first-order valence-corrected chi connectivity index (χ1v) is 5.58. The summed E-state index contributed by atoms with van der Waals surface area (Å²) in [5, 5.41) is 8.57. The third-order valence-corrected chi connectivity index (χ3v) is 3.13. The Morgan fingerprint density at radius 1 is 1.44 bits per heavy atom. The van der Waals surface area contributed by atoms with Gasteiger partial charge >= 0.3 is 6.18 Å². The van der Waals surface area contributed by atoms with Crippen LogP contribution in [0.4, 0.5) is 13.2 Å². The molecule has 2 unspecified atom stereocenters. The minimum atomic E-state index is -4.56. The Hall–Kier alpha value is -0.820. The fourth-order valence-corrected chi connectivity index (χ4v) is 1.89. The van der Waals surface area contributed by atoms with Crippen LogP contribution in [-0.4, -0.2) is 33.1 Å². The van der Waals surface area contributed by atoms with Gasteiger partial charge in [0, 0.05) is 29.6 Å². The summed E-state index contributed by atoms with van der Waals surface area (Å²) in [6, 6.07) is 0. The summed E-state index contributed by atoms with van der Waals surface area (Å²) >= 11 is 0.992. The molecule has 0 bridgehead atoms. The monoisotopic (exact) mass is 252 g/mol. The van der Waals surface area contributed by atoms with Gasteiger partial charge in [-0.1, -0.05) is 0 Å². The highest BCUT2D eigenvalue weighted by molar-refractivity contribution is 7.99. The molecular weight excluding hydrogens is 241 g/mol. The number of alkyl halides is 3. The predicted molar refractivity (Wildman–Crippen MR) is 55.0 cm³/mol. The lowest BCUT2D eigenvalue weighted by Gasteiger charge is -2.16. The van der Waals surface area contributed by atoms with Crippen molar-refractivity contribution in [1.82, 2.24) is 9.97 Å². The van der Waals surface area contributed by atoms with E-state index in [-0.39, 0.29) is 5.25 Å². The molecule has 0 aromatic carbocycles. The van der Waals surface area contributed by atoms with Crippen LogP contribution in [0.1, 0.15) is 17.9 Å². The molecule has 0 saturated carbocycles. The smallest absolute Gasteiger partial charge is 0.383 e. The summed E-state index contributed by atoms with van der Waals surface area (Å²) in [6.07, 6.45) is -2.39. The molecule has 1 aromatic heterocycles. The zero-order chi connectivity index (χ0) is 12.2. The Bertz CT molecular complexity index is 320. The van der Waals surface area contributed by atoms with Gasteiger partial charge in [0.15, 0.2) is 6.10 Å². The highest BCUT2D eigenvalue weighted by Gasteiger charge is 2.38. The van der Waals surface area contributed by atoms with Crippen LogP contribution in [0.15, 0.2) is 18.6 Å². The van der Waals surface area contributed by atoms with E-state index in [9.17, 15) is 13.2 Å². The van der Waals surface area contributed by atoms with E-state index in [2.05, 4.69) is 9.97 Å². The lowest BCUT2D eigenvalue weighted by Crippen LogP contribution is -2.30. The molecular formula is C9H11F3N2OS. The predicted octanol–water partition coefficient (Wildman–Crippen LogP) is 2.19. The number of hydrogen-bond donors (Lipinski definition) is 1. The van der Waals surface area contributed by atoms with Crippen LogP contribution >= 0.6 is 11.8 Å². The summed E-state index contributed by atoms with van der Waals surface area (Å²) in [5.74, 6) is -0.402. The van der Waals surface area contributed by atoms with Crippen LogP contribution < -0.4 is 0 Å². The van der Waals surface area contributed by atoms with Crippen LogP contribution in [-0.2, 0) is 0 Å². The SMILES string of the molecule is CC(SCC(O)C(F)(F)F)c1cnccn1. The van der Waals surface area contributed by atoms with Crippen molar-refractivity contribution >= 4 is 11.8 Å². The van der Waals surface area contributed by atoms with Gasteiger partial charge in [-0.2, -0.15) is 13.2 Å². The minimum absolute atomic E-state index is 0.231. The van der Waals surface area contributed by atoms with Gasteiger partial charge in [-0.25, -0.2) is 0 Å². The van der Waals surface area contributed by atoms with Crippen LogP contribution in [0.25, 0.3) is 0 Å². The first kappa shape index (κ1) is 13.2. The summed E-state index contributed by atoms with van der Waals surface area (Å²) in [7, 11) is 0. The number of thioether (sulfide) groups is 1. The number of rotatable bonds is 4. The van der Waals surface area contributed by atoms with E-state index in [1.165, 1.54) is 18.6 Å². The van der Waals surface area contributed by atoms with Gasteiger partial charge < -0.3 is 5.11 Å². The molecule has 0 saturated heterocycles. The topological polar surface area (TPSA) is 46.0 Å². The second-order valence-corrected chi connectivity index (χ2v) is 4.54. The van der Waals surface area contributed by atoms with Gasteiger partial charge in [-0.3, -0.25) is 9.97 Å². The molecule has 3 nitrogen and oxygen atoms in total. The standard InChI is InChI=1S/C9H11F3N2OS/c1-6(7-4-13-2-3-14-7)16-5-8(15)9(10,11)12/h2-4,6,8,15H,5H2,1H3. The molecule has 16 heavy (non-hydrogen) atoms. The largest absolute Gasteiger partial charge is 0.415 e. The van der Waals surface area contributed by atoms with E-state index >= 15 is 0 Å². The first-order valence-electron chi connectivity index (χ1n) is 4.53. The number of aliphatic hydroxyl groups is 1. The Morgan fingerprint density at radius 2 is 2.12 bits per heavy atom. The Morgan fingerprint density at radius 3 is 2.62 bits per heavy atom. The van der Waals surface area contributed by atoms with Crippen molar-refractivity contribution in [3.8, 4) is 0 Å². The van der Waals surface area contributed by atoms with Crippen molar-refractivity contribution in [3.05, 3.63) is 24.3 Å². The minimum Gasteiger partial charge on any atom is -0.383 e. The Kier molecular flexibility index (Phi) is 4.55. The highest BCUT2D eigenvalue weighted by Crippen LogP contribution is 2.30. The number of hydrogen-bond acceptors (Lipinski definition) is 4. The normalized spacial score (nSPS) is 15.8. The third kappa shape index (κ3) is 3.97. The quantitative estimate of drug-likeness (QED) is 0.892. The van der Waals surface area contributed by atoms with E-state index in [0.29, 0.717) is 5.69 Å². The zero-order valence-electron chi connectivity index (χ0n) is 8.48. The molecule has 0 aliphatic carbocycles. The lowest BCUT2D eigenvalue weighted by molar-refractivity contribution is -0.195. The molecule has 0 amide bonds. The number of aromatic nitrogens is 2. The van der Waals surface area contributed by atoms with Crippen LogP contribution in [0.3, 0.4) is 0 Å². The third-order valence-electron chi connectivity index (χ3n) is 1.88. The second-order valence-electron chi connectivity index (χ2n) is 3.16. The van der Waals surface area contributed by atoms with E-state index in [1.807, 2.05) is 0 Å². The van der Waals surface area contributed by atoms with Crippen LogP contribution in [0.5, 0.6) is 0 Å². The Balaban J connectivity index is 2.45. The summed E-state index contributed by atoms with van der Waals surface area (Å²) in [6.45, 7) is 1.72. The van der Waals surface area contributed by atoms with Crippen molar-refractivity contribution in [2.75, 3.05) is 5.75 Å². The van der Waals surface area contributed by atoms with Crippen molar-refractivity contribution in [1.29, 1.82) is 0 Å². The van der Waals surface area contributed by atoms with Crippen molar-refractivity contribution < 1.29 is 18.3 Å². The van der Waals surface area contributed by atoms with Crippen LogP contribution in [0, 0.1) is 0 Å². The first-order chi connectivity index (χ1) is 7.41. The van der Waals surface area contributed by atoms with Crippen molar-refractivity contribution in [2.45, 2.75) is 24.5 Å². The molecule has 90 valence electrons. The van der Waals surface area contributed by atoms with E-state index < -0.39 is 18.0 Å². The maximum atomic E-state index is 12.0. The number of halogens is 3. The molecule has 1 heterocycles. The molecule has 0 fully saturated rings. The Labute approximate surface area is 95.1 Å². The zero-order valence-corrected chi connectivity index (χ0v) is 9.29. The molecule has 1 N–H and O–H groups in total. The van der Waals surface area contributed by atoms with Crippen molar-refractivity contribution in [2.24, 2.45) is 0 Å². The molecule has 1 aromatic rings. The van der Waals surface area contributed by atoms with Gasteiger partial charge in [0.2, 0.25) is 0 Å². The lowest BCUT2D eigenvalue weighted by atomic mass is 10.3. The molecule has 0 radical (unpaired) electrons. The van der Waals surface area contributed by atoms with Gasteiger partial charge in [-0.15, -0.1) is 11.8 Å². The number of aliphatic hydroxyl groups excluding tert-OH is 1. The van der Waals surface area contributed by atoms with Gasteiger partial charge in [0.05, 0.1) is 5.69 Å². The van der Waals surface area contributed by atoms with Gasteiger partial charge in [0.1, 0.15) is 0 Å². The molecule has 0 aliphatic heterocycles. The van der Waals surface area contributed by atoms with Crippen molar-refractivity contribution in [3.63, 3.8) is 0 Å². The summed E-state index contributed by atoms with van der Waals surface area (Å²) < 4.78 is 36.0. The molecule has 0 spiro atoms. The number of nitrogens with zero attached hydrogens (tertiary/aromatic N) is 2. The van der Waals surface area contributed by atoms with E-state index in [0.717, 1.165) is 11.8 Å². The van der Waals surface area contributed by atoms with E-state index in [1.54, 1.807) is 6.92 Å².